The molecule has 0 amide bonds. The predicted octanol–water partition coefficient (Wildman–Crippen LogP) is 3.38. The molecule has 0 aliphatic rings. The molecule has 0 radical (unpaired) electrons. The topological polar surface area (TPSA) is 123 Å². The fourth-order valence-electron chi connectivity index (χ4n) is 3.06. The summed E-state index contributed by atoms with van der Waals surface area (Å²) in [5.74, 6) is -1.92. The fourth-order valence-corrected chi connectivity index (χ4v) is 3.61. The lowest BCUT2D eigenvalue weighted by molar-refractivity contribution is 0.474. The van der Waals surface area contributed by atoms with E-state index in [0.29, 0.717) is 5.56 Å². The third-order valence-corrected chi connectivity index (χ3v) is 5.24. The molecule has 13 heteroatoms. The number of benzene rings is 2. The maximum absolute atomic E-state index is 13.5. The van der Waals surface area contributed by atoms with Gasteiger partial charge in [0.25, 0.3) is 11.1 Å². The van der Waals surface area contributed by atoms with Crippen LogP contribution in [0.1, 0.15) is 11.3 Å². The van der Waals surface area contributed by atoms with Gasteiger partial charge < -0.3 is 9.30 Å². The van der Waals surface area contributed by atoms with Gasteiger partial charge in [-0.2, -0.15) is 9.94 Å². The molecule has 0 bridgehead atoms. The Morgan fingerprint density at radius 3 is 2.40 bits per heavy atom. The molecule has 4 aromatic rings. The number of nitriles is 1. The molecule has 0 aliphatic heterocycles. The number of aromatic amines is 1. The number of rotatable bonds is 5. The van der Waals surface area contributed by atoms with Crippen LogP contribution in [0.5, 0.6) is 11.5 Å². The van der Waals surface area contributed by atoms with Gasteiger partial charge in [-0.25, -0.2) is 13.6 Å². The van der Waals surface area contributed by atoms with Crippen molar-refractivity contribution in [3.8, 4) is 23.3 Å². The zero-order valence-corrected chi connectivity index (χ0v) is 18.8. The fraction of sp³-hybridized carbons (Fsp3) is 0.0455. The molecular formula is C22H11Cl2F2N5O4. The second-order valence-electron chi connectivity index (χ2n) is 7.05. The first-order chi connectivity index (χ1) is 16.7. The van der Waals surface area contributed by atoms with Crippen molar-refractivity contribution in [2.75, 3.05) is 0 Å². The van der Waals surface area contributed by atoms with E-state index < -0.39 is 34.1 Å². The van der Waals surface area contributed by atoms with Crippen LogP contribution >= 0.6 is 23.2 Å². The summed E-state index contributed by atoms with van der Waals surface area (Å²) in [6.45, 7) is -0.0599. The van der Waals surface area contributed by atoms with Crippen LogP contribution in [-0.4, -0.2) is 19.3 Å². The number of aromatic nitrogens is 4. The number of hydrogen-bond acceptors (Lipinski definition) is 6. The Kier molecular flexibility index (Phi) is 6.50. The van der Waals surface area contributed by atoms with Crippen molar-refractivity contribution in [1.82, 2.24) is 19.3 Å². The second-order valence-corrected chi connectivity index (χ2v) is 7.87. The van der Waals surface area contributed by atoms with E-state index >= 15 is 0 Å². The summed E-state index contributed by atoms with van der Waals surface area (Å²) in [7, 11) is 0. The van der Waals surface area contributed by atoms with Gasteiger partial charge in [-0.3, -0.25) is 14.6 Å². The minimum atomic E-state index is -1.04. The molecule has 0 saturated carbocycles. The van der Waals surface area contributed by atoms with Gasteiger partial charge in [0.1, 0.15) is 11.8 Å². The largest absolute Gasteiger partial charge is 0.453 e. The van der Waals surface area contributed by atoms with Crippen LogP contribution in [0, 0.1) is 23.0 Å². The SMILES string of the molecule is N#Cc1nn(-c2cc(Cl)c(Oc3ccc(=O)n(Cc4ccc(F)c(F)c4)c3)c(Cl)c2)c(=O)[nH]c1=O. The van der Waals surface area contributed by atoms with Crippen molar-refractivity contribution in [2.24, 2.45) is 0 Å². The number of hydrogen-bond donors (Lipinski definition) is 1. The molecule has 0 aliphatic carbocycles. The number of H-pyrrole nitrogens is 1. The molecule has 0 atom stereocenters. The Balaban J connectivity index is 1.66. The molecule has 35 heavy (non-hydrogen) atoms. The molecule has 4 rings (SSSR count). The Hall–Kier alpha value is -4.27. The third-order valence-electron chi connectivity index (χ3n) is 4.67. The normalized spacial score (nSPS) is 10.7. The van der Waals surface area contributed by atoms with Crippen LogP contribution in [0.2, 0.25) is 10.0 Å². The summed E-state index contributed by atoms with van der Waals surface area (Å²) in [6.07, 6.45) is 1.33. The standard InChI is InChI=1S/C22H11Cl2F2N5O4/c23-14-6-12(31-22(34)28-21(33)18(8-27)29-31)7-15(24)20(14)35-13-2-4-19(32)30(10-13)9-11-1-3-16(25)17(26)5-11/h1-7,10H,9H2,(H,28,33,34). The molecule has 0 saturated heterocycles. The van der Waals surface area contributed by atoms with Crippen molar-refractivity contribution >= 4 is 23.2 Å². The monoisotopic (exact) mass is 517 g/mol. The summed E-state index contributed by atoms with van der Waals surface area (Å²) in [6, 6.07) is 9.95. The van der Waals surface area contributed by atoms with Crippen LogP contribution in [0.25, 0.3) is 5.69 Å². The third kappa shape index (κ3) is 4.98. The molecule has 0 spiro atoms. The summed E-state index contributed by atoms with van der Waals surface area (Å²) in [5.41, 5.74) is -2.43. The van der Waals surface area contributed by atoms with Gasteiger partial charge in [-0.15, -0.1) is 5.10 Å². The van der Waals surface area contributed by atoms with E-state index in [1.54, 1.807) is 6.07 Å². The number of ether oxygens (including phenoxy) is 1. The summed E-state index contributed by atoms with van der Waals surface area (Å²) >= 11 is 12.6. The van der Waals surface area contributed by atoms with E-state index in [-0.39, 0.29) is 33.8 Å². The number of nitrogens with zero attached hydrogens (tertiary/aromatic N) is 4. The molecule has 176 valence electrons. The maximum atomic E-state index is 13.5. The Labute approximate surface area is 204 Å². The number of nitrogens with one attached hydrogen (secondary N) is 1. The Morgan fingerprint density at radius 2 is 1.74 bits per heavy atom. The highest BCUT2D eigenvalue weighted by molar-refractivity contribution is 6.37. The van der Waals surface area contributed by atoms with Crippen LogP contribution < -0.4 is 21.5 Å². The molecule has 2 aromatic carbocycles. The predicted molar refractivity (Wildman–Crippen MR) is 121 cm³/mol. The first-order valence-corrected chi connectivity index (χ1v) is 10.4. The smallest absolute Gasteiger partial charge is 0.349 e. The van der Waals surface area contributed by atoms with E-state index in [4.69, 9.17) is 33.2 Å². The first-order valence-electron chi connectivity index (χ1n) is 9.61. The molecule has 1 N–H and O–H groups in total. The average molecular weight is 518 g/mol. The lowest BCUT2D eigenvalue weighted by atomic mass is 10.2. The lowest BCUT2D eigenvalue weighted by Gasteiger charge is -2.13. The van der Waals surface area contributed by atoms with Gasteiger partial charge in [-0.1, -0.05) is 29.3 Å². The average Bonchev–Trinajstić information content (AvgIpc) is 2.80. The molecule has 2 heterocycles. The Bertz CT molecular complexity index is 1670. The van der Waals surface area contributed by atoms with Crippen LogP contribution in [0.4, 0.5) is 8.78 Å². The van der Waals surface area contributed by atoms with Crippen LogP contribution in [0.3, 0.4) is 0 Å². The van der Waals surface area contributed by atoms with Gasteiger partial charge in [0.05, 0.1) is 28.5 Å². The molecule has 0 fully saturated rings. The molecular weight excluding hydrogens is 507 g/mol. The number of pyridine rings is 1. The molecule has 9 nitrogen and oxygen atoms in total. The highest BCUT2D eigenvalue weighted by atomic mass is 35.5. The zero-order chi connectivity index (χ0) is 25.3. The minimum absolute atomic E-state index is 0.0203. The van der Waals surface area contributed by atoms with Gasteiger partial charge in [0.2, 0.25) is 5.69 Å². The van der Waals surface area contributed by atoms with E-state index in [0.717, 1.165) is 16.8 Å². The van der Waals surface area contributed by atoms with E-state index in [1.165, 1.54) is 41.1 Å². The quantitative estimate of drug-likeness (QED) is 0.432. The van der Waals surface area contributed by atoms with Crippen LogP contribution in [-0.2, 0) is 6.54 Å². The van der Waals surface area contributed by atoms with Crippen LogP contribution in [0.15, 0.2) is 63.0 Å². The van der Waals surface area contributed by atoms with Crippen molar-refractivity contribution < 1.29 is 13.5 Å². The minimum Gasteiger partial charge on any atom is -0.453 e. The zero-order valence-electron chi connectivity index (χ0n) is 17.3. The van der Waals surface area contributed by atoms with E-state index in [1.807, 2.05) is 4.98 Å². The molecule has 2 aromatic heterocycles. The maximum Gasteiger partial charge on any atom is 0.349 e. The van der Waals surface area contributed by atoms with Crippen molar-refractivity contribution in [3.05, 3.63) is 113 Å². The number of halogens is 4. The Morgan fingerprint density at radius 1 is 1.03 bits per heavy atom. The highest BCUT2D eigenvalue weighted by Crippen LogP contribution is 2.37. The van der Waals surface area contributed by atoms with E-state index in [2.05, 4.69) is 5.10 Å². The second kappa shape index (κ2) is 9.54. The van der Waals surface area contributed by atoms with Gasteiger partial charge in [0.15, 0.2) is 17.4 Å². The molecule has 0 unspecified atom stereocenters. The summed E-state index contributed by atoms with van der Waals surface area (Å²) < 4.78 is 34.4. The summed E-state index contributed by atoms with van der Waals surface area (Å²) in [5, 5.41) is 12.6. The summed E-state index contributed by atoms with van der Waals surface area (Å²) in [4.78, 5) is 37.9. The van der Waals surface area contributed by atoms with Crippen molar-refractivity contribution in [2.45, 2.75) is 6.54 Å². The van der Waals surface area contributed by atoms with E-state index in [9.17, 15) is 23.2 Å². The lowest BCUT2D eigenvalue weighted by Crippen LogP contribution is -2.33. The van der Waals surface area contributed by atoms with Gasteiger partial charge in [-0.05, 0) is 35.9 Å². The van der Waals surface area contributed by atoms with Gasteiger partial charge in [0, 0.05) is 6.07 Å². The van der Waals surface area contributed by atoms with Crippen molar-refractivity contribution in [3.63, 3.8) is 0 Å². The highest BCUT2D eigenvalue weighted by Gasteiger charge is 2.16. The van der Waals surface area contributed by atoms with Gasteiger partial charge >= 0.3 is 5.69 Å². The first kappa shape index (κ1) is 23.9. The van der Waals surface area contributed by atoms with Crippen molar-refractivity contribution in [1.29, 1.82) is 5.26 Å².